The van der Waals surface area contributed by atoms with Gasteiger partial charge in [-0.05, 0) is 91.6 Å². The van der Waals surface area contributed by atoms with Gasteiger partial charge in [-0.15, -0.1) is 0 Å². The van der Waals surface area contributed by atoms with Gasteiger partial charge < -0.3 is 8.83 Å². The van der Waals surface area contributed by atoms with Crippen LogP contribution >= 0.6 is 46.4 Å². The molecule has 0 atom stereocenters. The molecule has 0 radical (unpaired) electrons. The minimum absolute atomic E-state index is 0.0133. The molecule has 2 aromatic heterocycles. The summed E-state index contributed by atoms with van der Waals surface area (Å²) in [4.78, 5) is 13.3. The van der Waals surface area contributed by atoms with E-state index >= 15 is 0 Å². The van der Waals surface area contributed by atoms with E-state index < -0.39 is 0 Å². The Morgan fingerprint density at radius 1 is 0.667 bits per heavy atom. The molecule has 1 saturated carbocycles. The third-order valence-electron chi connectivity index (χ3n) is 5.90. The first-order chi connectivity index (χ1) is 17.2. The zero-order chi connectivity index (χ0) is 25.4. The van der Waals surface area contributed by atoms with Gasteiger partial charge >= 0.3 is 0 Å². The number of ketones is 1. The number of halogens is 4. The van der Waals surface area contributed by atoms with Crippen molar-refractivity contribution in [3.05, 3.63) is 103 Å². The van der Waals surface area contributed by atoms with Crippen molar-refractivity contribution in [2.24, 2.45) is 5.92 Å². The van der Waals surface area contributed by atoms with Crippen LogP contribution in [0.1, 0.15) is 31.3 Å². The van der Waals surface area contributed by atoms with E-state index in [9.17, 15) is 4.79 Å². The van der Waals surface area contributed by atoms with Crippen LogP contribution in [0, 0.1) is 5.92 Å². The number of benzene rings is 2. The summed E-state index contributed by atoms with van der Waals surface area (Å²) in [6.45, 7) is 2.12. The highest BCUT2D eigenvalue weighted by Crippen LogP contribution is 2.35. The topological polar surface area (TPSA) is 43.4 Å². The van der Waals surface area contributed by atoms with E-state index in [1.54, 1.807) is 36.4 Å². The van der Waals surface area contributed by atoms with Gasteiger partial charge in [0.25, 0.3) is 0 Å². The molecular weight excluding hydrogens is 538 g/mol. The van der Waals surface area contributed by atoms with Gasteiger partial charge in [0.15, 0.2) is 5.78 Å². The first-order valence-corrected chi connectivity index (χ1v) is 12.8. The first-order valence-electron chi connectivity index (χ1n) is 11.3. The molecule has 0 aliphatic heterocycles. The van der Waals surface area contributed by atoms with E-state index in [0.717, 1.165) is 11.1 Å². The van der Waals surface area contributed by atoms with Crippen LogP contribution in [0.2, 0.25) is 20.1 Å². The summed E-state index contributed by atoms with van der Waals surface area (Å²) in [5.41, 5.74) is 2.93. The van der Waals surface area contributed by atoms with Crippen molar-refractivity contribution in [1.29, 1.82) is 0 Å². The van der Waals surface area contributed by atoms with Crippen LogP contribution in [0.15, 0.2) is 80.6 Å². The van der Waals surface area contributed by atoms with Gasteiger partial charge in [-0.3, -0.25) is 4.79 Å². The average molecular weight is 558 g/mol. The lowest BCUT2D eigenvalue weighted by atomic mass is 9.81. The fraction of sp³-hybridized carbons (Fsp3) is 0.138. The predicted octanol–water partition coefficient (Wildman–Crippen LogP) is 10.3. The number of furan rings is 2. The third-order valence-corrected chi connectivity index (χ3v) is 6.77. The number of Topliss-reactive ketones (excluding diaryl/α,β-unsaturated/α-hetero) is 1. The van der Waals surface area contributed by atoms with Crippen molar-refractivity contribution >= 4 is 64.3 Å². The van der Waals surface area contributed by atoms with Crippen LogP contribution in [0.5, 0.6) is 0 Å². The van der Waals surface area contributed by atoms with Crippen molar-refractivity contribution in [3.63, 3.8) is 0 Å². The molecule has 0 spiro atoms. The maximum atomic E-state index is 13.3. The number of allylic oxidation sites excluding steroid dienone is 2. The van der Waals surface area contributed by atoms with Crippen molar-refractivity contribution < 1.29 is 13.6 Å². The second-order valence-electron chi connectivity index (χ2n) is 8.90. The molecule has 36 heavy (non-hydrogen) atoms. The molecule has 182 valence electrons. The summed E-state index contributed by atoms with van der Waals surface area (Å²) in [5.74, 6) is 2.72. The highest BCUT2D eigenvalue weighted by Gasteiger charge is 2.26. The second-order valence-corrected chi connectivity index (χ2v) is 10.6. The molecule has 2 aromatic carbocycles. The van der Waals surface area contributed by atoms with E-state index in [2.05, 4.69) is 6.92 Å². The standard InChI is InChI=1S/C29H20Cl4O3/c1-16-6-19(12-25-2-4-27(35-25)17-8-21(30)14-22(31)9-17)29(34)20(7-16)13-26-3-5-28(36-26)18-10-23(32)15-24(33)11-18/h2-5,8-16H,6-7H2,1H3. The highest BCUT2D eigenvalue weighted by molar-refractivity contribution is 6.35. The second kappa shape index (κ2) is 10.4. The Hall–Kier alpha value is -2.69. The van der Waals surface area contributed by atoms with Crippen molar-refractivity contribution in [2.45, 2.75) is 19.8 Å². The Kier molecular flexibility index (Phi) is 7.18. The van der Waals surface area contributed by atoms with Crippen molar-refractivity contribution in [3.8, 4) is 22.6 Å². The Labute approximate surface area is 228 Å². The van der Waals surface area contributed by atoms with Crippen molar-refractivity contribution in [2.75, 3.05) is 0 Å². The normalized spacial score (nSPS) is 18.4. The molecule has 2 heterocycles. The lowest BCUT2D eigenvalue weighted by molar-refractivity contribution is -0.113. The number of carbonyl (C=O) groups excluding carboxylic acids is 1. The quantitative estimate of drug-likeness (QED) is 0.234. The highest BCUT2D eigenvalue weighted by atomic mass is 35.5. The van der Waals surface area contributed by atoms with Gasteiger partial charge in [-0.2, -0.15) is 0 Å². The Bertz CT molecular complexity index is 1370. The molecule has 0 N–H and O–H groups in total. The van der Waals surface area contributed by atoms with Gasteiger partial charge in [0.1, 0.15) is 23.0 Å². The summed E-state index contributed by atoms with van der Waals surface area (Å²) in [6, 6.07) is 17.8. The maximum absolute atomic E-state index is 13.3. The van der Waals surface area contributed by atoms with Crippen LogP contribution in [0.25, 0.3) is 34.8 Å². The SMILES string of the molecule is CC1CC(=Cc2ccc(-c3cc(Cl)cc(Cl)c3)o2)C(=O)C(=Cc2ccc(-c3cc(Cl)cc(Cl)c3)o2)C1. The molecule has 1 aliphatic rings. The molecule has 0 bridgehead atoms. The number of rotatable bonds is 4. The monoisotopic (exact) mass is 556 g/mol. The van der Waals surface area contributed by atoms with Crippen LogP contribution in [-0.2, 0) is 4.79 Å². The molecule has 0 saturated heterocycles. The van der Waals surface area contributed by atoms with E-state index in [1.165, 1.54) is 0 Å². The fourth-order valence-electron chi connectivity index (χ4n) is 4.37. The first kappa shape index (κ1) is 25.0. The zero-order valence-electron chi connectivity index (χ0n) is 19.2. The van der Waals surface area contributed by atoms with E-state index in [4.69, 9.17) is 55.2 Å². The van der Waals surface area contributed by atoms with E-state index in [0.29, 0.717) is 73.0 Å². The minimum atomic E-state index is -0.0133. The van der Waals surface area contributed by atoms with Crippen molar-refractivity contribution in [1.82, 2.24) is 0 Å². The van der Waals surface area contributed by atoms with Crippen LogP contribution in [0.4, 0.5) is 0 Å². The Morgan fingerprint density at radius 3 is 1.44 bits per heavy atom. The van der Waals surface area contributed by atoms with Gasteiger partial charge in [-0.1, -0.05) is 53.3 Å². The lowest BCUT2D eigenvalue weighted by Crippen LogP contribution is -2.18. The zero-order valence-corrected chi connectivity index (χ0v) is 22.2. The molecule has 7 heteroatoms. The van der Waals surface area contributed by atoms with Crippen LogP contribution in [-0.4, -0.2) is 5.78 Å². The van der Waals surface area contributed by atoms with E-state index in [-0.39, 0.29) is 5.78 Å². The molecule has 5 rings (SSSR count). The van der Waals surface area contributed by atoms with Gasteiger partial charge in [0.05, 0.1) is 0 Å². The smallest absolute Gasteiger partial charge is 0.185 e. The van der Waals surface area contributed by atoms with Crippen LogP contribution in [0.3, 0.4) is 0 Å². The van der Waals surface area contributed by atoms with Gasteiger partial charge in [0, 0.05) is 42.4 Å². The van der Waals surface area contributed by atoms with E-state index in [1.807, 2.05) is 36.4 Å². The minimum Gasteiger partial charge on any atom is -0.457 e. The summed E-state index contributed by atoms with van der Waals surface area (Å²) in [5, 5.41) is 2.11. The molecule has 4 aromatic rings. The molecular formula is C29H20Cl4O3. The Balaban J connectivity index is 1.40. The molecule has 0 amide bonds. The van der Waals surface area contributed by atoms with Crippen LogP contribution < -0.4 is 0 Å². The molecule has 0 unspecified atom stereocenters. The van der Waals surface area contributed by atoms with Gasteiger partial charge in [-0.25, -0.2) is 0 Å². The molecule has 1 aliphatic carbocycles. The molecule has 3 nitrogen and oxygen atoms in total. The summed E-state index contributed by atoms with van der Waals surface area (Å²) in [6.07, 6.45) is 4.95. The maximum Gasteiger partial charge on any atom is 0.185 e. The lowest BCUT2D eigenvalue weighted by Gasteiger charge is -2.22. The predicted molar refractivity (Wildman–Crippen MR) is 148 cm³/mol. The average Bonchev–Trinajstić information content (AvgIpc) is 3.45. The van der Waals surface area contributed by atoms with Gasteiger partial charge in [0.2, 0.25) is 0 Å². The fourth-order valence-corrected chi connectivity index (χ4v) is 5.42. The number of hydrogen-bond acceptors (Lipinski definition) is 3. The number of hydrogen-bond donors (Lipinski definition) is 0. The number of carbonyl (C=O) groups is 1. The third kappa shape index (κ3) is 5.66. The summed E-state index contributed by atoms with van der Waals surface area (Å²) < 4.78 is 12.0. The largest absolute Gasteiger partial charge is 0.457 e. The Morgan fingerprint density at radius 2 is 1.06 bits per heavy atom. The summed E-state index contributed by atoms with van der Waals surface area (Å²) >= 11 is 24.5. The molecule has 1 fully saturated rings. The summed E-state index contributed by atoms with van der Waals surface area (Å²) in [7, 11) is 0.